The highest BCUT2D eigenvalue weighted by atomic mass is 35.5. The van der Waals surface area contributed by atoms with Crippen LogP contribution in [-0.4, -0.2) is 14.6 Å². The lowest BCUT2D eigenvalue weighted by molar-refractivity contribution is 0.939. The maximum Gasteiger partial charge on any atom is 0.178 e. The molecule has 2 heterocycles. The summed E-state index contributed by atoms with van der Waals surface area (Å²) in [7, 11) is 0. The van der Waals surface area contributed by atoms with E-state index in [4.69, 9.17) is 17.3 Å². The molecule has 0 unspecified atom stereocenters. The van der Waals surface area contributed by atoms with E-state index in [1.165, 1.54) is 10.7 Å². The minimum atomic E-state index is 0.542. The van der Waals surface area contributed by atoms with Gasteiger partial charge in [-0.3, -0.25) is 0 Å². The summed E-state index contributed by atoms with van der Waals surface area (Å²) in [6, 6.07) is 0. The van der Waals surface area contributed by atoms with Gasteiger partial charge < -0.3 is 5.73 Å². The lowest BCUT2D eigenvalue weighted by Gasteiger charge is -1.92. The van der Waals surface area contributed by atoms with Gasteiger partial charge in [0.1, 0.15) is 0 Å². The van der Waals surface area contributed by atoms with E-state index in [2.05, 4.69) is 10.1 Å². The first-order valence-electron chi connectivity index (χ1n) is 3.02. The topological polar surface area (TPSA) is 56.2 Å². The molecule has 56 valence electrons. The quantitative estimate of drug-likeness (QED) is 0.638. The molecule has 0 aliphatic carbocycles. The molecule has 11 heavy (non-hydrogen) atoms. The molecule has 0 saturated heterocycles. The van der Waals surface area contributed by atoms with Gasteiger partial charge in [0.15, 0.2) is 5.65 Å². The normalized spacial score (nSPS) is 10.6. The number of hydrogen-bond acceptors (Lipinski definition) is 3. The Morgan fingerprint density at radius 3 is 3.09 bits per heavy atom. The van der Waals surface area contributed by atoms with Gasteiger partial charge in [-0.25, -0.2) is 9.50 Å². The highest BCUT2D eigenvalue weighted by Gasteiger charge is 2.00. The number of nitrogens with two attached hydrogens (primary N) is 1. The van der Waals surface area contributed by atoms with Crippen molar-refractivity contribution in [2.45, 2.75) is 0 Å². The lowest BCUT2D eigenvalue weighted by atomic mass is 10.5. The van der Waals surface area contributed by atoms with Gasteiger partial charge in [0.25, 0.3) is 0 Å². The molecule has 0 fully saturated rings. The SMILES string of the molecule is Nc1cnn2cc(Cl)cnc12. The molecular formula is C6H5ClN4. The van der Waals surface area contributed by atoms with Crippen molar-refractivity contribution in [1.29, 1.82) is 0 Å². The Morgan fingerprint density at radius 1 is 1.45 bits per heavy atom. The Balaban J connectivity index is 2.86. The van der Waals surface area contributed by atoms with Crippen molar-refractivity contribution in [3.05, 3.63) is 23.6 Å². The van der Waals surface area contributed by atoms with Crippen LogP contribution < -0.4 is 5.73 Å². The number of aromatic nitrogens is 3. The fraction of sp³-hybridized carbons (Fsp3) is 0. The van der Waals surface area contributed by atoms with Crippen LogP contribution >= 0.6 is 11.6 Å². The van der Waals surface area contributed by atoms with Crippen molar-refractivity contribution < 1.29 is 0 Å². The highest BCUT2D eigenvalue weighted by Crippen LogP contribution is 2.12. The fourth-order valence-corrected chi connectivity index (χ4v) is 1.01. The molecule has 0 spiro atoms. The molecule has 4 nitrogen and oxygen atoms in total. The fourth-order valence-electron chi connectivity index (χ4n) is 0.870. The van der Waals surface area contributed by atoms with E-state index in [1.807, 2.05) is 0 Å². The predicted molar refractivity (Wildman–Crippen MR) is 42.4 cm³/mol. The first-order valence-corrected chi connectivity index (χ1v) is 3.39. The molecule has 0 aromatic carbocycles. The van der Waals surface area contributed by atoms with Crippen molar-refractivity contribution in [2.24, 2.45) is 0 Å². The molecule has 2 aromatic rings. The van der Waals surface area contributed by atoms with Crippen molar-refractivity contribution in [3.63, 3.8) is 0 Å². The Morgan fingerprint density at radius 2 is 2.27 bits per heavy atom. The molecule has 0 aliphatic rings. The zero-order chi connectivity index (χ0) is 7.84. The van der Waals surface area contributed by atoms with Crippen LogP contribution in [0.1, 0.15) is 0 Å². The average Bonchev–Trinajstić information content (AvgIpc) is 2.32. The van der Waals surface area contributed by atoms with Crippen LogP contribution in [0.5, 0.6) is 0 Å². The van der Waals surface area contributed by atoms with Crippen LogP contribution in [0, 0.1) is 0 Å². The van der Waals surface area contributed by atoms with Gasteiger partial charge in [-0.2, -0.15) is 5.10 Å². The van der Waals surface area contributed by atoms with E-state index in [1.54, 1.807) is 12.4 Å². The zero-order valence-electron chi connectivity index (χ0n) is 5.53. The van der Waals surface area contributed by atoms with Gasteiger partial charge in [0, 0.05) is 6.20 Å². The Kier molecular flexibility index (Phi) is 1.22. The molecule has 0 aliphatic heterocycles. The summed E-state index contributed by atoms with van der Waals surface area (Å²) in [5.74, 6) is 0. The maximum atomic E-state index is 5.66. The Labute approximate surface area is 67.6 Å². The third-order valence-corrected chi connectivity index (χ3v) is 1.55. The monoisotopic (exact) mass is 168 g/mol. The van der Waals surface area contributed by atoms with E-state index in [0.717, 1.165) is 0 Å². The van der Waals surface area contributed by atoms with Crippen molar-refractivity contribution in [3.8, 4) is 0 Å². The van der Waals surface area contributed by atoms with Crippen LogP contribution in [0.2, 0.25) is 5.02 Å². The average molecular weight is 169 g/mol. The molecule has 0 atom stereocenters. The molecule has 0 saturated carbocycles. The summed E-state index contributed by atoms with van der Waals surface area (Å²) in [6.45, 7) is 0. The Bertz CT molecular complexity index is 394. The maximum absolute atomic E-state index is 5.66. The van der Waals surface area contributed by atoms with Crippen molar-refractivity contribution >= 4 is 22.9 Å². The first-order chi connectivity index (χ1) is 5.27. The second-order valence-corrected chi connectivity index (χ2v) is 2.58. The number of nitrogens with zero attached hydrogens (tertiary/aromatic N) is 3. The molecule has 0 radical (unpaired) electrons. The summed E-state index contributed by atoms with van der Waals surface area (Å²) in [5.41, 5.74) is 6.73. The first kappa shape index (κ1) is 6.42. The van der Waals surface area contributed by atoms with E-state index >= 15 is 0 Å². The number of anilines is 1. The number of halogens is 1. The Hall–Kier alpha value is -1.29. The number of fused-ring (bicyclic) bond motifs is 1. The molecular weight excluding hydrogens is 164 g/mol. The molecule has 5 heteroatoms. The summed E-state index contributed by atoms with van der Waals surface area (Å²) in [6.07, 6.45) is 4.73. The van der Waals surface area contributed by atoms with Crippen molar-refractivity contribution in [2.75, 3.05) is 5.73 Å². The van der Waals surface area contributed by atoms with E-state index in [-0.39, 0.29) is 0 Å². The second-order valence-electron chi connectivity index (χ2n) is 2.14. The summed E-state index contributed by atoms with van der Waals surface area (Å²) in [4.78, 5) is 3.98. The summed E-state index contributed by atoms with van der Waals surface area (Å²) < 4.78 is 1.54. The van der Waals surface area contributed by atoms with E-state index in [0.29, 0.717) is 16.4 Å². The molecule has 2 aromatic heterocycles. The minimum Gasteiger partial charge on any atom is -0.394 e. The van der Waals surface area contributed by atoms with E-state index in [9.17, 15) is 0 Å². The van der Waals surface area contributed by atoms with Crippen LogP contribution in [0.25, 0.3) is 5.65 Å². The van der Waals surface area contributed by atoms with Crippen LogP contribution in [-0.2, 0) is 0 Å². The summed E-state index contributed by atoms with van der Waals surface area (Å²) >= 11 is 5.66. The van der Waals surface area contributed by atoms with Gasteiger partial charge in [-0.15, -0.1) is 0 Å². The minimum absolute atomic E-state index is 0.542. The van der Waals surface area contributed by atoms with Crippen molar-refractivity contribution in [1.82, 2.24) is 14.6 Å². The van der Waals surface area contributed by atoms with Gasteiger partial charge in [-0.1, -0.05) is 11.6 Å². The van der Waals surface area contributed by atoms with Gasteiger partial charge in [0.05, 0.1) is 23.1 Å². The van der Waals surface area contributed by atoms with Crippen LogP contribution in [0.4, 0.5) is 5.69 Å². The number of rotatable bonds is 0. The lowest BCUT2D eigenvalue weighted by Crippen LogP contribution is -1.90. The third kappa shape index (κ3) is 0.914. The number of hydrogen-bond donors (Lipinski definition) is 1. The van der Waals surface area contributed by atoms with Crippen LogP contribution in [0.3, 0.4) is 0 Å². The molecule has 0 bridgehead atoms. The predicted octanol–water partition coefficient (Wildman–Crippen LogP) is 0.965. The molecule has 2 rings (SSSR count). The summed E-state index contributed by atoms with van der Waals surface area (Å²) in [5, 5.41) is 4.47. The van der Waals surface area contributed by atoms with E-state index < -0.39 is 0 Å². The van der Waals surface area contributed by atoms with Gasteiger partial charge >= 0.3 is 0 Å². The number of nitrogen functional groups attached to an aromatic ring is 1. The third-order valence-electron chi connectivity index (χ3n) is 1.35. The second kappa shape index (κ2) is 2.10. The molecule has 0 amide bonds. The van der Waals surface area contributed by atoms with Crippen LogP contribution in [0.15, 0.2) is 18.6 Å². The smallest absolute Gasteiger partial charge is 0.178 e. The molecule has 2 N–H and O–H groups in total. The standard InChI is InChI=1S/C6H5ClN4/c7-4-1-9-6-5(8)2-10-11(6)3-4/h1-3H,8H2. The largest absolute Gasteiger partial charge is 0.394 e. The zero-order valence-corrected chi connectivity index (χ0v) is 6.28. The van der Waals surface area contributed by atoms with Gasteiger partial charge in [-0.05, 0) is 0 Å². The van der Waals surface area contributed by atoms with Gasteiger partial charge in [0.2, 0.25) is 0 Å². The highest BCUT2D eigenvalue weighted by molar-refractivity contribution is 6.30.